The van der Waals surface area contributed by atoms with E-state index >= 15 is 0 Å². The first-order valence-corrected chi connectivity index (χ1v) is 9.69. The summed E-state index contributed by atoms with van der Waals surface area (Å²) < 4.78 is 2.04. The van der Waals surface area contributed by atoms with Gasteiger partial charge < -0.3 is 0 Å². The number of nitrogens with zero attached hydrogens (tertiary/aromatic N) is 4. The third kappa shape index (κ3) is 3.31. The van der Waals surface area contributed by atoms with Gasteiger partial charge in [0.15, 0.2) is 0 Å². The number of aromatic nitrogens is 4. The van der Waals surface area contributed by atoms with Gasteiger partial charge in [0.2, 0.25) is 0 Å². The van der Waals surface area contributed by atoms with E-state index < -0.39 is 0 Å². The highest BCUT2D eigenvalue weighted by Gasteiger charge is 2.31. The largest absolute Gasteiger partial charge is 0.298 e. The maximum atomic E-state index is 4.60. The van der Waals surface area contributed by atoms with Gasteiger partial charge in [0.05, 0.1) is 18.4 Å². The number of hydrogen-bond donors (Lipinski definition) is 1. The molecule has 5 rings (SSSR count). The van der Waals surface area contributed by atoms with Crippen molar-refractivity contribution in [2.75, 3.05) is 13.1 Å². The lowest BCUT2D eigenvalue weighted by Gasteiger charge is -2.18. The van der Waals surface area contributed by atoms with E-state index in [0.29, 0.717) is 0 Å². The second-order valence-corrected chi connectivity index (χ2v) is 7.65. The van der Waals surface area contributed by atoms with E-state index in [1.165, 1.54) is 40.9 Å². The molecule has 5 nitrogen and oxygen atoms in total. The fourth-order valence-electron chi connectivity index (χ4n) is 4.01. The Balaban J connectivity index is 1.22. The number of nitrogens with one attached hydrogen (secondary N) is 1. The summed E-state index contributed by atoms with van der Waals surface area (Å²) in [6.07, 6.45) is 9.05. The van der Waals surface area contributed by atoms with Crippen molar-refractivity contribution >= 4 is 0 Å². The minimum Gasteiger partial charge on any atom is -0.298 e. The highest BCUT2D eigenvalue weighted by molar-refractivity contribution is 5.32. The summed E-state index contributed by atoms with van der Waals surface area (Å²) in [4.78, 5) is 2.55. The van der Waals surface area contributed by atoms with Crippen molar-refractivity contribution < 1.29 is 0 Å². The molecule has 1 aliphatic carbocycles. The summed E-state index contributed by atoms with van der Waals surface area (Å²) in [7, 11) is 0. The van der Waals surface area contributed by atoms with Crippen LogP contribution in [0.2, 0.25) is 0 Å². The Labute approximate surface area is 154 Å². The van der Waals surface area contributed by atoms with E-state index in [1.807, 2.05) is 10.9 Å². The van der Waals surface area contributed by atoms with E-state index in [-0.39, 0.29) is 0 Å². The number of aromatic amines is 1. The SMILES string of the molecule is c1ccc(Cn2cc(CN3CCc4[nH]nc(C5CC5)c4CC3)cn2)cc1. The summed E-state index contributed by atoms with van der Waals surface area (Å²) in [6.45, 7) is 4.01. The lowest BCUT2D eigenvalue weighted by Crippen LogP contribution is -2.26. The molecule has 2 aromatic heterocycles. The molecule has 0 amide bonds. The lowest BCUT2D eigenvalue weighted by atomic mass is 10.1. The van der Waals surface area contributed by atoms with Crippen LogP contribution >= 0.6 is 0 Å². The molecule has 1 fully saturated rings. The van der Waals surface area contributed by atoms with Gasteiger partial charge in [0.1, 0.15) is 0 Å². The number of H-pyrrole nitrogens is 1. The second kappa shape index (κ2) is 6.72. The number of hydrogen-bond acceptors (Lipinski definition) is 3. The fourth-order valence-corrected chi connectivity index (χ4v) is 4.01. The first-order chi connectivity index (χ1) is 12.8. The molecule has 0 unspecified atom stereocenters. The first kappa shape index (κ1) is 15.8. The topological polar surface area (TPSA) is 49.7 Å². The maximum Gasteiger partial charge on any atom is 0.0688 e. The van der Waals surface area contributed by atoms with Gasteiger partial charge >= 0.3 is 0 Å². The highest BCUT2D eigenvalue weighted by Crippen LogP contribution is 2.41. The molecular formula is C21H25N5. The van der Waals surface area contributed by atoms with Crippen molar-refractivity contribution in [2.45, 2.75) is 44.7 Å². The number of fused-ring (bicyclic) bond motifs is 1. The summed E-state index contributed by atoms with van der Waals surface area (Å²) in [5.41, 5.74) is 6.82. The smallest absolute Gasteiger partial charge is 0.0688 e. The van der Waals surface area contributed by atoms with Gasteiger partial charge in [-0.05, 0) is 30.4 Å². The normalized spacial score (nSPS) is 17.8. The van der Waals surface area contributed by atoms with E-state index in [2.05, 4.69) is 56.7 Å². The van der Waals surface area contributed by atoms with E-state index in [4.69, 9.17) is 0 Å². The van der Waals surface area contributed by atoms with Gasteiger partial charge in [0.25, 0.3) is 0 Å². The summed E-state index contributed by atoms with van der Waals surface area (Å²) in [6, 6.07) is 10.5. The van der Waals surface area contributed by atoms with Crippen LogP contribution in [0.3, 0.4) is 0 Å². The molecule has 0 radical (unpaired) electrons. The molecule has 0 atom stereocenters. The van der Waals surface area contributed by atoms with Crippen LogP contribution in [0.5, 0.6) is 0 Å². The fraction of sp³-hybridized carbons (Fsp3) is 0.429. The average Bonchev–Trinajstić information content (AvgIpc) is 3.34. The Morgan fingerprint density at radius 1 is 1.00 bits per heavy atom. The van der Waals surface area contributed by atoms with Gasteiger partial charge in [0, 0.05) is 49.4 Å². The molecule has 5 heteroatoms. The van der Waals surface area contributed by atoms with Gasteiger partial charge in [-0.2, -0.15) is 10.2 Å². The quantitative estimate of drug-likeness (QED) is 0.771. The molecule has 3 aromatic rings. The Kier molecular flexibility index (Phi) is 4.09. The van der Waals surface area contributed by atoms with Crippen LogP contribution in [0.1, 0.15) is 46.8 Å². The molecule has 1 aromatic carbocycles. The maximum absolute atomic E-state index is 4.60. The van der Waals surface area contributed by atoms with Crippen molar-refractivity contribution in [3.8, 4) is 0 Å². The Hall–Kier alpha value is -2.40. The first-order valence-electron chi connectivity index (χ1n) is 9.69. The van der Waals surface area contributed by atoms with Gasteiger partial charge in [-0.25, -0.2) is 0 Å². The lowest BCUT2D eigenvalue weighted by molar-refractivity contribution is 0.278. The number of rotatable bonds is 5. The molecule has 0 spiro atoms. The van der Waals surface area contributed by atoms with Crippen molar-refractivity contribution in [1.29, 1.82) is 0 Å². The third-order valence-electron chi connectivity index (χ3n) is 5.59. The molecule has 1 N–H and O–H groups in total. The van der Waals surface area contributed by atoms with Crippen molar-refractivity contribution in [1.82, 2.24) is 24.9 Å². The third-order valence-corrected chi connectivity index (χ3v) is 5.59. The molecule has 1 aliphatic heterocycles. The minimum absolute atomic E-state index is 0.734. The molecule has 3 heterocycles. The zero-order valence-corrected chi connectivity index (χ0v) is 15.1. The van der Waals surface area contributed by atoms with Crippen molar-refractivity contribution in [3.05, 3.63) is 70.8 Å². The molecule has 2 aliphatic rings. The molecule has 26 heavy (non-hydrogen) atoms. The van der Waals surface area contributed by atoms with E-state index in [9.17, 15) is 0 Å². The van der Waals surface area contributed by atoms with Crippen LogP contribution < -0.4 is 0 Å². The standard InChI is InChI=1S/C21H25N5/c1-2-4-16(5-3-1)14-26-15-17(12-22-26)13-25-10-8-19-20(9-11-25)23-24-21(19)18-6-7-18/h1-5,12,15,18H,6-11,13-14H2,(H,23,24). The van der Waals surface area contributed by atoms with Crippen LogP contribution in [0.15, 0.2) is 42.7 Å². The Morgan fingerprint density at radius 3 is 2.69 bits per heavy atom. The summed E-state index contributed by atoms with van der Waals surface area (Å²) in [5, 5.41) is 12.5. The van der Waals surface area contributed by atoms with Gasteiger partial charge in [-0.3, -0.25) is 14.7 Å². The van der Waals surface area contributed by atoms with E-state index in [1.54, 1.807) is 0 Å². The monoisotopic (exact) mass is 347 g/mol. The molecule has 0 saturated heterocycles. The average molecular weight is 347 g/mol. The molecular weight excluding hydrogens is 322 g/mol. The van der Waals surface area contributed by atoms with Crippen LogP contribution in [-0.4, -0.2) is 38.0 Å². The Morgan fingerprint density at radius 2 is 1.85 bits per heavy atom. The summed E-state index contributed by atoms with van der Waals surface area (Å²) >= 11 is 0. The predicted molar refractivity (Wildman–Crippen MR) is 101 cm³/mol. The van der Waals surface area contributed by atoms with Crippen LogP contribution in [0.25, 0.3) is 0 Å². The van der Waals surface area contributed by atoms with Gasteiger partial charge in [-0.15, -0.1) is 0 Å². The molecule has 134 valence electrons. The zero-order valence-electron chi connectivity index (χ0n) is 15.1. The van der Waals surface area contributed by atoms with Gasteiger partial charge in [-0.1, -0.05) is 30.3 Å². The zero-order chi connectivity index (χ0) is 17.3. The van der Waals surface area contributed by atoms with Crippen molar-refractivity contribution in [2.24, 2.45) is 0 Å². The molecule has 1 saturated carbocycles. The molecule has 0 bridgehead atoms. The highest BCUT2D eigenvalue weighted by atomic mass is 15.3. The van der Waals surface area contributed by atoms with E-state index in [0.717, 1.165) is 44.9 Å². The Bertz CT molecular complexity index is 875. The van der Waals surface area contributed by atoms with Crippen LogP contribution in [0.4, 0.5) is 0 Å². The second-order valence-electron chi connectivity index (χ2n) is 7.65. The van der Waals surface area contributed by atoms with Crippen LogP contribution in [-0.2, 0) is 25.9 Å². The minimum atomic E-state index is 0.734. The predicted octanol–water partition coefficient (Wildman–Crippen LogP) is 3.13. The summed E-state index contributed by atoms with van der Waals surface area (Å²) in [5.74, 6) is 0.734. The number of benzene rings is 1. The van der Waals surface area contributed by atoms with Crippen molar-refractivity contribution in [3.63, 3.8) is 0 Å². The van der Waals surface area contributed by atoms with Crippen LogP contribution in [0, 0.1) is 0 Å².